The highest BCUT2D eigenvalue weighted by Gasteiger charge is 2.29. The van der Waals surface area contributed by atoms with Crippen LogP contribution in [0.15, 0.2) is 29.3 Å². The zero-order valence-corrected chi connectivity index (χ0v) is 17.0. The Morgan fingerprint density at radius 1 is 1.29 bits per heavy atom. The van der Waals surface area contributed by atoms with Gasteiger partial charge in [-0.25, -0.2) is 0 Å². The van der Waals surface area contributed by atoms with Crippen molar-refractivity contribution in [3.8, 4) is 6.07 Å². The maximum Gasteiger partial charge on any atom is 0.191 e. The lowest BCUT2D eigenvalue weighted by atomic mass is 9.85. The Balaban J connectivity index is 1.64. The van der Waals surface area contributed by atoms with E-state index in [1.165, 1.54) is 6.42 Å². The molecule has 1 aliphatic heterocycles. The standard InChI is InChI=1S/C22H33N5O/c1-2-24-21(25-17-22(28)12-6-3-7-13-22)26-19-10-8-14-27(16-19)20-11-5-4-9-18(20)15-23/h4-5,9,11,19,28H,2-3,6-8,10,12-14,16-17H2,1H3,(H2,24,25,26). The minimum absolute atomic E-state index is 0.263. The van der Waals surface area contributed by atoms with Gasteiger partial charge in [-0.1, -0.05) is 31.4 Å². The number of nitrogens with zero attached hydrogens (tertiary/aromatic N) is 3. The molecule has 2 aliphatic rings. The zero-order chi connectivity index (χ0) is 19.8. The molecular formula is C22H33N5O. The normalized spacial score (nSPS) is 22.4. The quantitative estimate of drug-likeness (QED) is 0.538. The van der Waals surface area contributed by atoms with Crippen LogP contribution in [0.5, 0.6) is 0 Å². The number of aliphatic hydroxyl groups is 1. The molecule has 28 heavy (non-hydrogen) atoms. The molecule has 3 rings (SSSR count). The molecule has 1 aromatic carbocycles. The fourth-order valence-electron chi connectivity index (χ4n) is 4.27. The van der Waals surface area contributed by atoms with Crippen molar-refractivity contribution >= 4 is 11.6 Å². The minimum Gasteiger partial charge on any atom is -0.388 e. The highest BCUT2D eigenvalue weighted by atomic mass is 16.3. The Kier molecular flexibility index (Phi) is 7.16. The molecule has 0 bridgehead atoms. The molecule has 1 saturated carbocycles. The number of guanidine groups is 1. The number of benzene rings is 1. The molecule has 1 heterocycles. The van der Waals surface area contributed by atoms with Gasteiger partial charge in [-0.3, -0.25) is 4.99 Å². The number of hydrogen-bond acceptors (Lipinski definition) is 4. The van der Waals surface area contributed by atoms with Crippen molar-refractivity contribution in [3.63, 3.8) is 0 Å². The number of nitriles is 1. The molecule has 1 atom stereocenters. The van der Waals surface area contributed by atoms with E-state index in [1.807, 2.05) is 24.3 Å². The molecule has 1 saturated heterocycles. The highest BCUT2D eigenvalue weighted by Crippen LogP contribution is 2.28. The van der Waals surface area contributed by atoms with E-state index < -0.39 is 5.60 Å². The van der Waals surface area contributed by atoms with Crippen molar-refractivity contribution in [2.45, 2.75) is 63.5 Å². The van der Waals surface area contributed by atoms with E-state index in [9.17, 15) is 10.4 Å². The monoisotopic (exact) mass is 383 g/mol. The number of para-hydroxylation sites is 1. The lowest BCUT2D eigenvalue weighted by Crippen LogP contribution is -2.52. The number of aliphatic imine (C=N–C) groups is 1. The Bertz CT molecular complexity index is 705. The van der Waals surface area contributed by atoms with Crippen molar-refractivity contribution in [1.29, 1.82) is 5.26 Å². The summed E-state index contributed by atoms with van der Waals surface area (Å²) in [7, 11) is 0. The number of rotatable bonds is 5. The lowest BCUT2D eigenvalue weighted by molar-refractivity contribution is 0.0131. The fraction of sp³-hybridized carbons (Fsp3) is 0.636. The molecular weight excluding hydrogens is 350 g/mol. The van der Waals surface area contributed by atoms with Crippen LogP contribution in [0.2, 0.25) is 0 Å². The second-order valence-electron chi connectivity index (χ2n) is 8.04. The third-order valence-corrected chi connectivity index (χ3v) is 5.79. The molecule has 1 aliphatic carbocycles. The average molecular weight is 384 g/mol. The largest absolute Gasteiger partial charge is 0.388 e. The minimum atomic E-state index is -0.648. The summed E-state index contributed by atoms with van der Waals surface area (Å²) in [4.78, 5) is 7.00. The first-order chi connectivity index (χ1) is 13.6. The number of nitrogens with one attached hydrogen (secondary N) is 2. The first-order valence-corrected chi connectivity index (χ1v) is 10.6. The van der Waals surface area contributed by atoms with E-state index in [0.29, 0.717) is 6.54 Å². The Morgan fingerprint density at radius 2 is 2.07 bits per heavy atom. The first kappa shape index (κ1) is 20.5. The fourth-order valence-corrected chi connectivity index (χ4v) is 4.27. The van der Waals surface area contributed by atoms with Crippen LogP contribution in [-0.2, 0) is 0 Å². The Hall–Kier alpha value is -2.26. The number of anilines is 1. The van der Waals surface area contributed by atoms with Crippen LogP contribution in [-0.4, -0.2) is 48.9 Å². The highest BCUT2D eigenvalue weighted by molar-refractivity contribution is 5.80. The summed E-state index contributed by atoms with van der Waals surface area (Å²) < 4.78 is 0. The van der Waals surface area contributed by atoms with E-state index in [4.69, 9.17) is 4.99 Å². The number of hydrogen-bond donors (Lipinski definition) is 3. The van der Waals surface area contributed by atoms with Gasteiger partial charge in [0.15, 0.2) is 5.96 Å². The summed E-state index contributed by atoms with van der Waals surface area (Å²) in [5, 5.41) is 27.0. The van der Waals surface area contributed by atoms with Gasteiger partial charge in [0.1, 0.15) is 6.07 Å². The summed E-state index contributed by atoms with van der Waals surface area (Å²) in [6.07, 6.45) is 7.22. The third kappa shape index (κ3) is 5.39. The predicted molar refractivity (Wildman–Crippen MR) is 114 cm³/mol. The molecule has 0 spiro atoms. The van der Waals surface area contributed by atoms with E-state index in [2.05, 4.69) is 28.5 Å². The van der Waals surface area contributed by atoms with Crippen molar-refractivity contribution < 1.29 is 5.11 Å². The molecule has 0 radical (unpaired) electrons. The van der Waals surface area contributed by atoms with Crippen molar-refractivity contribution in [1.82, 2.24) is 10.6 Å². The van der Waals surface area contributed by atoms with Gasteiger partial charge in [0.25, 0.3) is 0 Å². The topological polar surface area (TPSA) is 83.7 Å². The van der Waals surface area contributed by atoms with E-state index in [-0.39, 0.29) is 6.04 Å². The van der Waals surface area contributed by atoms with Crippen LogP contribution in [0, 0.1) is 11.3 Å². The van der Waals surface area contributed by atoms with Gasteiger partial charge >= 0.3 is 0 Å². The first-order valence-electron chi connectivity index (χ1n) is 10.6. The molecule has 2 fully saturated rings. The van der Waals surface area contributed by atoms with Gasteiger partial charge in [0, 0.05) is 25.7 Å². The van der Waals surface area contributed by atoms with Gasteiger partial charge in [-0.15, -0.1) is 0 Å². The van der Waals surface area contributed by atoms with E-state index in [1.54, 1.807) is 0 Å². The second-order valence-corrected chi connectivity index (χ2v) is 8.04. The SMILES string of the molecule is CCNC(=NCC1(O)CCCCC1)NC1CCCN(c2ccccc2C#N)C1. The van der Waals surface area contributed by atoms with Gasteiger partial charge < -0.3 is 20.6 Å². The van der Waals surface area contributed by atoms with Gasteiger partial charge in [-0.05, 0) is 44.7 Å². The van der Waals surface area contributed by atoms with Gasteiger partial charge in [0.2, 0.25) is 0 Å². The Morgan fingerprint density at radius 3 is 2.82 bits per heavy atom. The molecule has 0 aromatic heterocycles. The summed E-state index contributed by atoms with van der Waals surface area (Å²) in [6, 6.07) is 10.4. The van der Waals surface area contributed by atoms with E-state index >= 15 is 0 Å². The number of piperidine rings is 1. The van der Waals surface area contributed by atoms with Crippen LogP contribution >= 0.6 is 0 Å². The summed E-state index contributed by atoms with van der Waals surface area (Å²) in [6.45, 7) is 5.11. The lowest BCUT2D eigenvalue weighted by Gasteiger charge is -2.36. The van der Waals surface area contributed by atoms with Crippen molar-refractivity contribution in [2.75, 3.05) is 31.1 Å². The molecule has 152 valence electrons. The van der Waals surface area contributed by atoms with Crippen LogP contribution < -0.4 is 15.5 Å². The Labute approximate surface area is 168 Å². The third-order valence-electron chi connectivity index (χ3n) is 5.79. The predicted octanol–water partition coefficient (Wildman–Crippen LogP) is 2.78. The van der Waals surface area contributed by atoms with Crippen LogP contribution in [0.1, 0.15) is 57.4 Å². The molecule has 6 nitrogen and oxygen atoms in total. The molecule has 1 unspecified atom stereocenters. The van der Waals surface area contributed by atoms with Crippen LogP contribution in [0.3, 0.4) is 0 Å². The molecule has 3 N–H and O–H groups in total. The molecule has 6 heteroatoms. The smallest absolute Gasteiger partial charge is 0.191 e. The molecule has 0 amide bonds. The van der Waals surface area contributed by atoms with Gasteiger partial charge in [0.05, 0.1) is 23.4 Å². The van der Waals surface area contributed by atoms with Crippen LogP contribution in [0.4, 0.5) is 5.69 Å². The van der Waals surface area contributed by atoms with Crippen molar-refractivity contribution in [2.24, 2.45) is 4.99 Å². The maximum absolute atomic E-state index is 10.7. The van der Waals surface area contributed by atoms with E-state index in [0.717, 1.165) is 75.4 Å². The summed E-state index contributed by atoms with van der Waals surface area (Å²) >= 11 is 0. The average Bonchev–Trinajstić information content (AvgIpc) is 2.73. The maximum atomic E-state index is 10.7. The van der Waals surface area contributed by atoms with Crippen LogP contribution in [0.25, 0.3) is 0 Å². The van der Waals surface area contributed by atoms with Crippen molar-refractivity contribution in [3.05, 3.63) is 29.8 Å². The van der Waals surface area contributed by atoms with Gasteiger partial charge in [-0.2, -0.15) is 5.26 Å². The molecule has 1 aromatic rings. The summed E-state index contributed by atoms with van der Waals surface area (Å²) in [5.41, 5.74) is 1.09. The zero-order valence-electron chi connectivity index (χ0n) is 17.0. The second kappa shape index (κ2) is 9.79. The summed E-state index contributed by atoms with van der Waals surface area (Å²) in [5.74, 6) is 0.780.